The van der Waals surface area contributed by atoms with Crippen molar-refractivity contribution < 1.29 is 4.21 Å². The molecule has 1 aromatic rings. The third-order valence-electron chi connectivity index (χ3n) is 2.72. The molecule has 0 unspecified atom stereocenters. The van der Waals surface area contributed by atoms with Crippen LogP contribution in [0.15, 0.2) is 77.6 Å². The second-order valence-corrected chi connectivity index (χ2v) is 5.80. The summed E-state index contributed by atoms with van der Waals surface area (Å²) >= 11 is 0. The van der Waals surface area contributed by atoms with Crippen LogP contribution >= 0.6 is 0 Å². The summed E-state index contributed by atoms with van der Waals surface area (Å²) in [6.45, 7) is 5.65. The molecule has 0 aliphatic rings. The normalized spacial score (nSPS) is 13.4. The second-order valence-electron chi connectivity index (χ2n) is 4.46. The summed E-state index contributed by atoms with van der Waals surface area (Å²) < 4.78 is 11.9. The Morgan fingerprint density at radius 1 is 1.05 bits per heavy atom. The summed E-state index contributed by atoms with van der Waals surface area (Å²) in [7, 11) is -1.06. The molecule has 1 aromatic carbocycles. The molecule has 20 heavy (non-hydrogen) atoms. The minimum Gasteiger partial charge on any atom is -0.250 e. The molecule has 0 heterocycles. The fraction of sp³-hybridized carbons (Fsp3) is 0.222. The van der Waals surface area contributed by atoms with E-state index in [4.69, 9.17) is 0 Å². The first-order chi connectivity index (χ1) is 9.74. The molecule has 0 radical (unpaired) electrons. The molecule has 1 atom stereocenters. The van der Waals surface area contributed by atoms with Crippen LogP contribution < -0.4 is 0 Å². The molecule has 1 nitrogen and oxygen atoms in total. The molecule has 0 fully saturated rings. The Labute approximate surface area is 124 Å². The van der Waals surface area contributed by atoms with Gasteiger partial charge in [-0.1, -0.05) is 60.7 Å². The SMILES string of the molecule is C=C/C=C/CCC/C=C/C=C/[S@@](=O)c1ccc(C)cc1. The van der Waals surface area contributed by atoms with Gasteiger partial charge in [-0.3, -0.25) is 0 Å². The van der Waals surface area contributed by atoms with Gasteiger partial charge in [0.15, 0.2) is 0 Å². The zero-order valence-electron chi connectivity index (χ0n) is 12.0. The first kappa shape index (κ1) is 16.4. The van der Waals surface area contributed by atoms with E-state index in [1.807, 2.05) is 49.4 Å². The van der Waals surface area contributed by atoms with Crippen molar-refractivity contribution in [3.8, 4) is 0 Å². The molecule has 0 amide bonds. The first-order valence-electron chi connectivity index (χ1n) is 6.82. The summed E-state index contributed by atoms with van der Waals surface area (Å²) in [5.74, 6) is 0. The van der Waals surface area contributed by atoms with Gasteiger partial charge in [-0.05, 0) is 38.3 Å². The predicted molar refractivity (Wildman–Crippen MR) is 89.1 cm³/mol. The third kappa shape index (κ3) is 7.05. The van der Waals surface area contributed by atoms with Crippen molar-refractivity contribution in [2.45, 2.75) is 31.1 Å². The first-order valence-corrected chi connectivity index (χ1v) is 8.03. The van der Waals surface area contributed by atoms with E-state index in [0.717, 1.165) is 24.2 Å². The van der Waals surface area contributed by atoms with Crippen LogP contribution in [-0.2, 0) is 10.8 Å². The van der Waals surface area contributed by atoms with Crippen molar-refractivity contribution in [3.63, 3.8) is 0 Å². The number of allylic oxidation sites excluding steroid dienone is 6. The van der Waals surface area contributed by atoms with Crippen molar-refractivity contribution in [1.82, 2.24) is 0 Å². The van der Waals surface area contributed by atoms with Gasteiger partial charge in [-0.25, -0.2) is 4.21 Å². The summed E-state index contributed by atoms with van der Waals surface area (Å²) in [4.78, 5) is 0.842. The Morgan fingerprint density at radius 2 is 1.70 bits per heavy atom. The fourth-order valence-electron chi connectivity index (χ4n) is 1.59. The number of rotatable bonds is 8. The molecular formula is C18H22OS. The average Bonchev–Trinajstić information content (AvgIpc) is 2.46. The molecule has 0 aliphatic heterocycles. The van der Waals surface area contributed by atoms with Gasteiger partial charge in [0.2, 0.25) is 0 Å². The van der Waals surface area contributed by atoms with Crippen LogP contribution in [0.2, 0.25) is 0 Å². The monoisotopic (exact) mass is 286 g/mol. The Kier molecular flexibility index (Phi) is 8.32. The lowest BCUT2D eigenvalue weighted by Crippen LogP contribution is -1.85. The Morgan fingerprint density at radius 3 is 2.35 bits per heavy atom. The molecule has 0 N–H and O–H groups in total. The van der Waals surface area contributed by atoms with Gasteiger partial charge in [-0.2, -0.15) is 0 Å². The van der Waals surface area contributed by atoms with Gasteiger partial charge >= 0.3 is 0 Å². The molecule has 0 saturated carbocycles. The Balaban J connectivity index is 2.29. The maximum absolute atomic E-state index is 11.9. The largest absolute Gasteiger partial charge is 0.250 e. The lowest BCUT2D eigenvalue weighted by molar-refractivity contribution is 0.688. The number of benzene rings is 1. The standard InChI is InChI=1S/C18H22OS/c1-3-4-5-6-7-8-9-10-11-16-20(19)18-14-12-17(2)13-15-18/h3-5,9-16H,1,6-8H2,2H3/b5-4+,10-9+,16-11+/t20-/m1/s1. The highest BCUT2D eigenvalue weighted by Crippen LogP contribution is 2.09. The van der Waals surface area contributed by atoms with Gasteiger partial charge in [0, 0.05) is 10.3 Å². The lowest BCUT2D eigenvalue weighted by Gasteiger charge is -1.96. The smallest absolute Gasteiger partial charge is 0.0775 e. The third-order valence-corrected chi connectivity index (χ3v) is 3.86. The zero-order valence-corrected chi connectivity index (χ0v) is 12.8. The van der Waals surface area contributed by atoms with Crippen LogP contribution in [0.25, 0.3) is 0 Å². The highest BCUT2D eigenvalue weighted by Gasteiger charge is 1.97. The van der Waals surface area contributed by atoms with Gasteiger partial charge in [-0.15, -0.1) is 0 Å². The molecule has 0 aliphatic carbocycles. The van der Waals surface area contributed by atoms with Gasteiger partial charge < -0.3 is 0 Å². The van der Waals surface area contributed by atoms with E-state index in [9.17, 15) is 4.21 Å². The molecule has 0 spiro atoms. The van der Waals surface area contributed by atoms with Crippen molar-refractivity contribution in [2.75, 3.05) is 0 Å². The topological polar surface area (TPSA) is 17.1 Å². The van der Waals surface area contributed by atoms with Crippen molar-refractivity contribution >= 4 is 10.8 Å². The van der Waals surface area contributed by atoms with E-state index < -0.39 is 10.8 Å². The molecule has 1 rings (SSSR count). The van der Waals surface area contributed by atoms with E-state index in [0.29, 0.717) is 0 Å². The van der Waals surface area contributed by atoms with Crippen molar-refractivity contribution in [3.05, 3.63) is 78.3 Å². The second kappa shape index (κ2) is 10.2. The Hall–Kier alpha value is -1.67. The van der Waals surface area contributed by atoms with E-state index in [-0.39, 0.29) is 0 Å². The minimum atomic E-state index is -1.06. The summed E-state index contributed by atoms with van der Waals surface area (Å²) in [6.07, 6.45) is 15.0. The van der Waals surface area contributed by atoms with Crippen molar-refractivity contribution in [1.29, 1.82) is 0 Å². The van der Waals surface area contributed by atoms with Gasteiger partial charge in [0.05, 0.1) is 10.8 Å². The zero-order chi connectivity index (χ0) is 14.6. The van der Waals surface area contributed by atoms with E-state index >= 15 is 0 Å². The summed E-state index contributed by atoms with van der Waals surface area (Å²) in [5.41, 5.74) is 1.18. The predicted octanol–water partition coefficient (Wildman–Crippen LogP) is 5.09. The number of hydrogen-bond donors (Lipinski definition) is 0. The maximum atomic E-state index is 11.9. The summed E-state index contributed by atoms with van der Waals surface area (Å²) in [5, 5.41) is 1.72. The van der Waals surface area contributed by atoms with E-state index in [1.165, 1.54) is 5.56 Å². The van der Waals surface area contributed by atoms with Crippen LogP contribution in [0.1, 0.15) is 24.8 Å². The lowest BCUT2D eigenvalue weighted by atomic mass is 10.2. The van der Waals surface area contributed by atoms with Crippen LogP contribution in [0.5, 0.6) is 0 Å². The molecule has 2 heteroatoms. The van der Waals surface area contributed by atoms with Crippen molar-refractivity contribution in [2.24, 2.45) is 0 Å². The van der Waals surface area contributed by atoms with Crippen LogP contribution in [0, 0.1) is 6.92 Å². The molecular weight excluding hydrogens is 264 g/mol. The van der Waals surface area contributed by atoms with Crippen LogP contribution in [-0.4, -0.2) is 4.21 Å². The van der Waals surface area contributed by atoms with E-state index in [1.54, 1.807) is 11.5 Å². The van der Waals surface area contributed by atoms with Crippen LogP contribution in [0.3, 0.4) is 0 Å². The summed E-state index contributed by atoms with van der Waals surface area (Å²) in [6, 6.07) is 7.78. The van der Waals surface area contributed by atoms with Gasteiger partial charge in [0.25, 0.3) is 0 Å². The molecule has 106 valence electrons. The Bertz CT molecular complexity index is 507. The number of unbranched alkanes of at least 4 members (excludes halogenated alkanes) is 2. The van der Waals surface area contributed by atoms with Crippen LogP contribution in [0.4, 0.5) is 0 Å². The number of aryl methyl sites for hydroxylation is 1. The quantitative estimate of drug-likeness (QED) is 0.481. The maximum Gasteiger partial charge on any atom is 0.0775 e. The molecule has 0 aromatic heterocycles. The highest BCUT2D eigenvalue weighted by atomic mass is 32.2. The minimum absolute atomic E-state index is 0.842. The molecule has 0 saturated heterocycles. The average molecular weight is 286 g/mol. The molecule has 0 bridgehead atoms. The fourth-order valence-corrected chi connectivity index (χ4v) is 2.38. The van der Waals surface area contributed by atoms with Gasteiger partial charge in [0.1, 0.15) is 0 Å². The van der Waals surface area contributed by atoms with E-state index in [2.05, 4.69) is 18.7 Å². The highest BCUT2D eigenvalue weighted by molar-refractivity contribution is 7.88. The number of hydrogen-bond acceptors (Lipinski definition) is 1.